The van der Waals surface area contributed by atoms with Crippen LogP contribution in [0.25, 0.3) is 0 Å². The Bertz CT molecular complexity index is 369. The van der Waals surface area contributed by atoms with Crippen molar-refractivity contribution in [1.82, 2.24) is 5.32 Å². The van der Waals surface area contributed by atoms with E-state index in [1.165, 1.54) is 5.56 Å². The summed E-state index contributed by atoms with van der Waals surface area (Å²) in [7, 11) is 0. The van der Waals surface area contributed by atoms with Crippen LogP contribution in [0, 0.1) is 5.92 Å². The first kappa shape index (κ1) is 14.6. The predicted octanol–water partition coefficient (Wildman–Crippen LogP) is 2.96. The molecule has 0 fully saturated rings. The van der Waals surface area contributed by atoms with Gasteiger partial charge in [0.1, 0.15) is 5.75 Å². The van der Waals surface area contributed by atoms with Crippen LogP contribution < -0.4 is 10.1 Å². The fourth-order valence-corrected chi connectivity index (χ4v) is 1.47. The summed E-state index contributed by atoms with van der Waals surface area (Å²) in [6.45, 7) is 9.18. The number of carbonyl (C=O) groups is 1. The molecular formula is C15H23NO2. The minimum atomic E-state index is -0.0726. The summed E-state index contributed by atoms with van der Waals surface area (Å²) in [6, 6.07) is 7.88. The summed E-state index contributed by atoms with van der Waals surface area (Å²) >= 11 is 0. The van der Waals surface area contributed by atoms with Crippen molar-refractivity contribution >= 4 is 5.91 Å². The van der Waals surface area contributed by atoms with Gasteiger partial charge in [0.05, 0.1) is 0 Å². The van der Waals surface area contributed by atoms with Gasteiger partial charge in [-0.2, -0.15) is 0 Å². The molecule has 0 saturated heterocycles. The van der Waals surface area contributed by atoms with Gasteiger partial charge in [0, 0.05) is 6.54 Å². The third kappa shape index (κ3) is 5.21. The molecule has 18 heavy (non-hydrogen) atoms. The fraction of sp³-hybridized carbons (Fsp3) is 0.533. The van der Waals surface area contributed by atoms with Gasteiger partial charge >= 0.3 is 0 Å². The zero-order valence-electron chi connectivity index (χ0n) is 11.7. The third-order valence-electron chi connectivity index (χ3n) is 2.62. The van der Waals surface area contributed by atoms with Crippen LogP contribution in [0.5, 0.6) is 5.75 Å². The molecule has 0 spiro atoms. The highest BCUT2D eigenvalue weighted by Crippen LogP contribution is 2.18. The number of benzene rings is 1. The molecule has 0 aliphatic heterocycles. The Morgan fingerprint density at radius 1 is 1.17 bits per heavy atom. The number of hydrogen-bond donors (Lipinski definition) is 1. The molecule has 3 heteroatoms. The largest absolute Gasteiger partial charge is 0.484 e. The van der Waals surface area contributed by atoms with E-state index in [-0.39, 0.29) is 12.5 Å². The number of rotatable bonds is 6. The molecule has 1 rings (SSSR count). The molecule has 0 radical (unpaired) electrons. The Morgan fingerprint density at radius 2 is 1.78 bits per heavy atom. The van der Waals surface area contributed by atoms with E-state index in [9.17, 15) is 4.79 Å². The Hall–Kier alpha value is -1.51. The van der Waals surface area contributed by atoms with Gasteiger partial charge in [-0.15, -0.1) is 0 Å². The van der Waals surface area contributed by atoms with E-state index in [0.717, 1.165) is 5.75 Å². The van der Waals surface area contributed by atoms with Gasteiger partial charge in [-0.25, -0.2) is 0 Å². The number of ether oxygens (including phenoxy) is 1. The second-order valence-corrected chi connectivity index (χ2v) is 5.21. The topological polar surface area (TPSA) is 38.3 Å². The third-order valence-corrected chi connectivity index (χ3v) is 2.62. The Morgan fingerprint density at radius 3 is 2.28 bits per heavy atom. The molecule has 0 heterocycles. The van der Waals surface area contributed by atoms with Gasteiger partial charge in [0.25, 0.3) is 5.91 Å². The zero-order chi connectivity index (χ0) is 13.5. The highest BCUT2D eigenvalue weighted by Gasteiger charge is 2.04. The molecule has 3 nitrogen and oxygen atoms in total. The molecule has 0 unspecified atom stereocenters. The molecule has 0 atom stereocenters. The van der Waals surface area contributed by atoms with Gasteiger partial charge in [-0.05, 0) is 29.5 Å². The van der Waals surface area contributed by atoms with Crippen molar-refractivity contribution in [3.63, 3.8) is 0 Å². The van der Waals surface area contributed by atoms with Crippen LogP contribution >= 0.6 is 0 Å². The average molecular weight is 249 g/mol. The smallest absolute Gasteiger partial charge is 0.257 e. The molecule has 1 amide bonds. The molecule has 0 saturated carbocycles. The number of hydrogen-bond acceptors (Lipinski definition) is 2. The first-order valence-corrected chi connectivity index (χ1v) is 6.48. The second kappa shape index (κ2) is 7.04. The maximum Gasteiger partial charge on any atom is 0.257 e. The Labute approximate surface area is 110 Å². The summed E-state index contributed by atoms with van der Waals surface area (Å²) in [4.78, 5) is 11.5. The monoisotopic (exact) mass is 249 g/mol. The average Bonchev–Trinajstić information content (AvgIpc) is 2.34. The Kier molecular flexibility index (Phi) is 5.69. The Balaban J connectivity index is 2.37. The molecule has 0 aliphatic rings. The zero-order valence-corrected chi connectivity index (χ0v) is 11.7. The summed E-state index contributed by atoms with van der Waals surface area (Å²) < 4.78 is 5.42. The number of carbonyl (C=O) groups excluding carboxylic acids is 1. The van der Waals surface area contributed by atoms with E-state index in [1.807, 2.05) is 24.3 Å². The molecule has 0 aliphatic carbocycles. The van der Waals surface area contributed by atoms with Crippen LogP contribution in [0.3, 0.4) is 0 Å². The molecule has 1 aromatic carbocycles. The van der Waals surface area contributed by atoms with Gasteiger partial charge in [0.2, 0.25) is 0 Å². The van der Waals surface area contributed by atoms with E-state index >= 15 is 0 Å². The van der Waals surface area contributed by atoms with Gasteiger partial charge in [-0.1, -0.05) is 39.8 Å². The van der Waals surface area contributed by atoms with Crippen LogP contribution in [0.1, 0.15) is 39.2 Å². The van der Waals surface area contributed by atoms with Crippen LogP contribution in [0.2, 0.25) is 0 Å². The summed E-state index contributed by atoms with van der Waals surface area (Å²) in [5.41, 5.74) is 1.27. The van der Waals surface area contributed by atoms with E-state index in [4.69, 9.17) is 4.74 Å². The minimum Gasteiger partial charge on any atom is -0.484 e. The van der Waals surface area contributed by atoms with Crippen molar-refractivity contribution < 1.29 is 9.53 Å². The number of amides is 1. The highest BCUT2D eigenvalue weighted by molar-refractivity contribution is 5.77. The maximum absolute atomic E-state index is 11.5. The van der Waals surface area contributed by atoms with Gasteiger partial charge in [-0.3, -0.25) is 4.79 Å². The summed E-state index contributed by atoms with van der Waals surface area (Å²) in [6.07, 6.45) is 0. The lowest BCUT2D eigenvalue weighted by atomic mass is 10.0. The maximum atomic E-state index is 11.5. The molecule has 0 bridgehead atoms. The van der Waals surface area contributed by atoms with Gasteiger partial charge < -0.3 is 10.1 Å². The first-order valence-electron chi connectivity index (χ1n) is 6.48. The number of nitrogens with one attached hydrogen (secondary N) is 1. The molecular weight excluding hydrogens is 226 g/mol. The van der Waals surface area contributed by atoms with Gasteiger partial charge in [0.15, 0.2) is 6.61 Å². The van der Waals surface area contributed by atoms with Crippen molar-refractivity contribution in [1.29, 1.82) is 0 Å². The molecule has 1 aromatic rings. The fourth-order valence-electron chi connectivity index (χ4n) is 1.47. The predicted molar refractivity (Wildman–Crippen MR) is 73.9 cm³/mol. The SMILES string of the molecule is CC(C)CNC(=O)COc1ccc(C(C)C)cc1. The lowest BCUT2D eigenvalue weighted by Gasteiger charge is -2.10. The minimum absolute atomic E-state index is 0.0726. The molecule has 100 valence electrons. The van der Waals surface area contributed by atoms with E-state index in [1.54, 1.807) is 0 Å². The van der Waals surface area contributed by atoms with Crippen molar-refractivity contribution in [2.24, 2.45) is 5.92 Å². The summed E-state index contributed by atoms with van der Waals surface area (Å²) in [5.74, 6) is 1.63. The highest BCUT2D eigenvalue weighted by atomic mass is 16.5. The standard InChI is InChI=1S/C15H23NO2/c1-11(2)9-16-15(17)10-18-14-7-5-13(6-8-14)12(3)4/h5-8,11-12H,9-10H2,1-4H3,(H,16,17). The van der Waals surface area contributed by atoms with Crippen LogP contribution in [0.4, 0.5) is 0 Å². The van der Waals surface area contributed by atoms with E-state index in [2.05, 4.69) is 33.0 Å². The lowest BCUT2D eigenvalue weighted by molar-refractivity contribution is -0.123. The molecule has 0 aromatic heterocycles. The van der Waals surface area contributed by atoms with Crippen molar-refractivity contribution in [2.45, 2.75) is 33.6 Å². The van der Waals surface area contributed by atoms with Crippen molar-refractivity contribution in [2.75, 3.05) is 13.2 Å². The van der Waals surface area contributed by atoms with Crippen LogP contribution in [0.15, 0.2) is 24.3 Å². The second-order valence-electron chi connectivity index (χ2n) is 5.21. The van der Waals surface area contributed by atoms with E-state index in [0.29, 0.717) is 18.4 Å². The normalized spacial score (nSPS) is 10.8. The van der Waals surface area contributed by atoms with Crippen LogP contribution in [-0.4, -0.2) is 19.1 Å². The van der Waals surface area contributed by atoms with E-state index < -0.39 is 0 Å². The van der Waals surface area contributed by atoms with Crippen molar-refractivity contribution in [3.05, 3.63) is 29.8 Å². The summed E-state index contributed by atoms with van der Waals surface area (Å²) in [5, 5.41) is 2.82. The first-order chi connectivity index (χ1) is 8.49. The quantitative estimate of drug-likeness (QED) is 0.841. The van der Waals surface area contributed by atoms with Crippen molar-refractivity contribution in [3.8, 4) is 5.75 Å². The lowest BCUT2D eigenvalue weighted by Crippen LogP contribution is -2.31. The van der Waals surface area contributed by atoms with Crippen LogP contribution in [-0.2, 0) is 4.79 Å². The molecule has 1 N–H and O–H groups in total.